The number of aromatic amines is 1. The molecule has 0 spiro atoms. The van der Waals surface area contributed by atoms with Crippen molar-refractivity contribution in [1.82, 2.24) is 4.98 Å². The second kappa shape index (κ2) is 4.98. The maximum Gasteiger partial charge on any atom is 0.0640 e. The van der Waals surface area contributed by atoms with Crippen molar-refractivity contribution >= 4 is 28.2 Å². The van der Waals surface area contributed by atoms with Crippen LogP contribution in [0.5, 0.6) is 0 Å². The van der Waals surface area contributed by atoms with E-state index in [-0.39, 0.29) is 0 Å². The zero-order valence-corrected chi connectivity index (χ0v) is 11.5. The Labute approximate surface area is 117 Å². The number of halogens is 1. The lowest BCUT2D eigenvalue weighted by Gasteiger charge is -2.11. The van der Waals surface area contributed by atoms with E-state index in [9.17, 15) is 0 Å². The number of aromatic nitrogens is 1. The molecule has 0 saturated heterocycles. The molecule has 0 aliphatic rings. The summed E-state index contributed by atoms with van der Waals surface area (Å²) in [5, 5.41) is 5.41. The van der Waals surface area contributed by atoms with Gasteiger partial charge in [-0.2, -0.15) is 0 Å². The van der Waals surface area contributed by atoms with Gasteiger partial charge in [-0.05, 0) is 47.7 Å². The maximum atomic E-state index is 6.21. The van der Waals surface area contributed by atoms with Gasteiger partial charge in [0.15, 0.2) is 0 Å². The fourth-order valence-electron chi connectivity index (χ4n) is 2.26. The molecule has 2 N–H and O–H groups in total. The minimum Gasteiger partial charge on any atom is -0.380 e. The highest BCUT2D eigenvalue weighted by Crippen LogP contribution is 2.26. The second-order valence-electron chi connectivity index (χ2n) is 4.68. The third-order valence-electron chi connectivity index (χ3n) is 3.31. The van der Waals surface area contributed by atoms with Crippen LogP contribution in [0.4, 0.5) is 5.69 Å². The fraction of sp³-hybridized carbons (Fsp3) is 0.125. The number of nitrogens with one attached hydrogen (secondary N) is 2. The largest absolute Gasteiger partial charge is 0.380 e. The van der Waals surface area contributed by atoms with Gasteiger partial charge in [-0.25, -0.2) is 0 Å². The van der Waals surface area contributed by atoms with Crippen molar-refractivity contribution in [1.29, 1.82) is 0 Å². The summed E-state index contributed by atoms with van der Waals surface area (Å²) in [5.74, 6) is 0. The lowest BCUT2D eigenvalue weighted by molar-refractivity contribution is 1.15. The van der Waals surface area contributed by atoms with Crippen molar-refractivity contribution in [3.05, 3.63) is 64.8 Å². The Hall–Kier alpha value is -1.93. The Morgan fingerprint density at radius 2 is 2.05 bits per heavy atom. The Morgan fingerprint density at radius 3 is 2.89 bits per heavy atom. The molecular weight excluding hydrogens is 256 g/mol. The van der Waals surface area contributed by atoms with Crippen LogP contribution in [-0.2, 0) is 6.54 Å². The summed E-state index contributed by atoms with van der Waals surface area (Å²) >= 11 is 6.21. The van der Waals surface area contributed by atoms with Crippen molar-refractivity contribution in [3.63, 3.8) is 0 Å². The molecule has 0 radical (unpaired) electrons. The molecule has 0 atom stereocenters. The number of fused-ring (bicyclic) bond motifs is 1. The third-order valence-corrected chi connectivity index (χ3v) is 3.62. The van der Waals surface area contributed by atoms with Crippen LogP contribution in [0.1, 0.15) is 11.1 Å². The second-order valence-corrected chi connectivity index (χ2v) is 5.09. The molecule has 1 aromatic heterocycles. The topological polar surface area (TPSA) is 27.8 Å². The number of benzene rings is 2. The average molecular weight is 271 g/mol. The van der Waals surface area contributed by atoms with E-state index < -0.39 is 0 Å². The molecule has 0 saturated carbocycles. The standard InChI is InChI=1S/C16H15ClN2/c1-11-3-2-4-14(17)16(11)19-10-12-5-6-15-13(9-12)7-8-18-15/h2-9,18-19H,10H2,1H3. The van der Waals surface area contributed by atoms with Crippen LogP contribution < -0.4 is 5.32 Å². The monoisotopic (exact) mass is 270 g/mol. The molecule has 0 amide bonds. The van der Waals surface area contributed by atoms with E-state index >= 15 is 0 Å². The molecule has 3 rings (SSSR count). The molecule has 1 heterocycles. The van der Waals surface area contributed by atoms with Gasteiger partial charge < -0.3 is 10.3 Å². The zero-order valence-electron chi connectivity index (χ0n) is 10.7. The first-order chi connectivity index (χ1) is 9.24. The lowest BCUT2D eigenvalue weighted by Crippen LogP contribution is -2.01. The summed E-state index contributed by atoms with van der Waals surface area (Å²) in [6.07, 6.45) is 1.96. The van der Waals surface area contributed by atoms with Gasteiger partial charge in [0.25, 0.3) is 0 Å². The van der Waals surface area contributed by atoms with Gasteiger partial charge in [-0.1, -0.05) is 29.8 Å². The number of aryl methyl sites for hydroxylation is 1. The van der Waals surface area contributed by atoms with Crippen LogP contribution in [0.25, 0.3) is 10.9 Å². The minimum atomic E-state index is 0.766. The molecule has 0 aliphatic carbocycles. The van der Waals surface area contributed by atoms with E-state index in [4.69, 9.17) is 11.6 Å². The summed E-state index contributed by atoms with van der Waals surface area (Å²) in [7, 11) is 0. The van der Waals surface area contributed by atoms with Gasteiger partial charge in [-0.15, -0.1) is 0 Å². The molecule has 3 heteroatoms. The molecule has 0 bridgehead atoms. The van der Waals surface area contributed by atoms with Crippen LogP contribution in [-0.4, -0.2) is 4.98 Å². The highest BCUT2D eigenvalue weighted by molar-refractivity contribution is 6.33. The van der Waals surface area contributed by atoms with E-state index in [0.717, 1.165) is 28.3 Å². The van der Waals surface area contributed by atoms with Crippen LogP contribution in [0.15, 0.2) is 48.7 Å². The van der Waals surface area contributed by atoms with E-state index in [1.807, 2.05) is 18.3 Å². The first-order valence-corrected chi connectivity index (χ1v) is 6.67. The quantitative estimate of drug-likeness (QED) is 0.707. The Bertz CT molecular complexity index is 695. The van der Waals surface area contributed by atoms with E-state index in [0.29, 0.717) is 0 Å². The number of rotatable bonds is 3. The van der Waals surface area contributed by atoms with Crippen LogP contribution in [0.2, 0.25) is 5.02 Å². The molecule has 0 fully saturated rings. The van der Waals surface area contributed by atoms with Gasteiger partial charge >= 0.3 is 0 Å². The SMILES string of the molecule is Cc1cccc(Cl)c1NCc1ccc2[nH]ccc2c1. The molecule has 0 aliphatic heterocycles. The molecule has 19 heavy (non-hydrogen) atoms. The van der Waals surface area contributed by atoms with Crippen LogP contribution in [0.3, 0.4) is 0 Å². The molecule has 0 unspecified atom stereocenters. The van der Waals surface area contributed by atoms with E-state index in [2.05, 4.69) is 47.6 Å². The highest BCUT2D eigenvalue weighted by atomic mass is 35.5. The highest BCUT2D eigenvalue weighted by Gasteiger charge is 2.03. The van der Waals surface area contributed by atoms with Crippen molar-refractivity contribution in [2.24, 2.45) is 0 Å². The van der Waals surface area contributed by atoms with Gasteiger partial charge in [0, 0.05) is 18.3 Å². The first-order valence-electron chi connectivity index (χ1n) is 6.29. The molecule has 2 nitrogen and oxygen atoms in total. The first kappa shape index (κ1) is 12.1. The number of anilines is 1. The fourth-order valence-corrected chi connectivity index (χ4v) is 2.55. The number of H-pyrrole nitrogens is 1. The molecule has 2 aromatic carbocycles. The van der Waals surface area contributed by atoms with Crippen LogP contribution >= 0.6 is 11.6 Å². The predicted molar refractivity (Wildman–Crippen MR) is 81.8 cm³/mol. The summed E-state index contributed by atoms with van der Waals surface area (Å²) < 4.78 is 0. The summed E-state index contributed by atoms with van der Waals surface area (Å²) in [4.78, 5) is 3.20. The van der Waals surface area contributed by atoms with E-state index in [1.54, 1.807) is 0 Å². The van der Waals surface area contributed by atoms with E-state index in [1.165, 1.54) is 10.9 Å². The lowest BCUT2D eigenvalue weighted by atomic mass is 10.1. The van der Waals surface area contributed by atoms with Crippen LogP contribution in [0, 0.1) is 6.92 Å². The maximum absolute atomic E-state index is 6.21. The Balaban J connectivity index is 1.82. The average Bonchev–Trinajstić information content (AvgIpc) is 2.85. The van der Waals surface area contributed by atoms with Gasteiger partial charge in [-0.3, -0.25) is 0 Å². The van der Waals surface area contributed by atoms with Crippen molar-refractivity contribution in [3.8, 4) is 0 Å². The number of hydrogen-bond acceptors (Lipinski definition) is 1. The van der Waals surface area contributed by atoms with Crippen molar-refractivity contribution in [2.45, 2.75) is 13.5 Å². The Kier molecular flexibility index (Phi) is 3.18. The summed E-state index contributed by atoms with van der Waals surface area (Å²) in [5.41, 5.74) is 4.58. The minimum absolute atomic E-state index is 0.766. The van der Waals surface area contributed by atoms with Gasteiger partial charge in [0.05, 0.1) is 10.7 Å². The normalized spacial score (nSPS) is 10.8. The third kappa shape index (κ3) is 2.45. The number of hydrogen-bond donors (Lipinski definition) is 2. The Morgan fingerprint density at radius 1 is 1.16 bits per heavy atom. The summed E-state index contributed by atoms with van der Waals surface area (Å²) in [6, 6.07) is 14.4. The van der Waals surface area contributed by atoms with Gasteiger partial charge in [0.2, 0.25) is 0 Å². The predicted octanol–water partition coefficient (Wildman–Crippen LogP) is 4.74. The molecule has 96 valence electrons. The molecular formula is C16H15ClN2. The number of para-hydroxylation sites is 1. The molecule has 3 aromatic rings. The zero-order chi connectivity index (χ0) is 13.2. The smallest absolute Gasteiger partial charge is 0.0640 e. The van der Waals surface area contributed by atoms with Crippen molar-refractivity contribution in [2.75, 3.05) is 5.32 Å². The van der Waals surface area contributed by atoms with Gasteiger partial charge in [0.1, 0.15) is 0 Å². The van der Waals surface area contributed by atoms with Crippen molar-refractivity contribution < 1.29 is 0 Å². The summed E-state index contributed by atoms with van der Waals surface area (Å²) in [6.45, 7) is 2.83.